The topological polar surface area (TPSA) is 35.1 Å². The lowest BCUT2D eigenvalue weighted by atomic mass is 9.31. The van der Waals surface area contributed by atoms with E-state index < -0.39 is 0 Å². The summed E-state index contributed by atoms with van der Waals surface area (Å²) in [6.45, 7) is -0.224. The van der Waals surface area contributed by atoms with E-state index in [1.807, 2.05) is 24.2 Å². The van der Waals surface area contributed by atoms with Crippen molar-refractivity contribution in [3.05, 3.63) is 285 Å². The molecule has 0 fully saturated rings. The SMILES string of the molecule is c1ccc(N(c2ccccc2)c2cc3c4c(c2)Sc2cc5c(cc2B4c2ccccc2O3)B2c3ccccc3N(c3ccccc3)c3cc(N(c4ccccc4)c4ccccc4)cc(c32)N5c2ccccc2-c2ccncc2)cc1. The van der Waals surface area contributed by atoms with E-state index in [4.69, 9.17) is 4.74 Å². The van der Waals surface area contributed by atoms with Gasteiger partial charge < -0.3 is 24.3 Å². The molecule has 80 heavy (non-hydrogen) atoms. The van der Waals surface area contributed by atoms with Crippen LogP contribution in [0.25, 0.3) is 11.1 Å². The molecule has 0 saturated heterocycles. The third-order valence-corrected chi connectivity index (χ3v) is 17.3. The molecule has 11 aromatic carbocycles. The molecule has 0 unspecified atom stereocenters. The Kier molecular flexibility index (Phi) is 10.9. The van der Waals surface area contributed by atoms with Crippen molar-refractivity contribution in [3.8, 4) is 22.6 Å². The van der Waals surface area contributed by atoms with Crippen molar-refractivity contribution in [2.45, 2.75) is 9.79 Å². The molecule has 6 nitrogen and oxygen atoms in total. The van der Waals surface area contributed by atoms with Crippen molar-refractivity contribution in [3.63, 3.8) is 0 Å². The van der Waals surface area contributed by atoms with Crippen LogP contribution in [-0.2, 0) is 0 Å². The Morgan fingerprint density at radius 3 is 1.49 bits per heavy atom. The second-order valence-electron chi connectivity index (χ2n) is 20.6. The fourth-order valence-corrected chi connectivity index (χ4v) is 14.1. The van der Waals surface area contributed by atoms with Gasteiger partial charge in [0.2, 0.25) is 0 Å². The zero-order valence-corrected chi connectivity index (χ0v) is 44.2. The first-order valence-electron chi connectivity index (χ1n) is 27.2. The Balaban J connectivity index is 0.996. The maximum atomic E-state index is 7.09. The molecule has 0 amide bonds. The first kappa shape index (κ1) is 46.2. The minimum absolute atomic E-state index is 0.0896. The van der Waals surface area contributed by atoms with Gasteiger partial charge in [-0.2, -0.15) is 0 Å². The number of hydrogen-bond acceptors (Lipinski definition) is 7. The first-order chi connectivity index (χ1) is 39.7. The summed E-state index contributed by atoms with van der Waals surface area (Å²) in [7, 11) is 0. The highest BCUT2D eigenvalue weighted by molar-refractivity contribution is 8.00. The highest BCUT2D eigenvalue weighted by Crippen LogP contribution is 2.51. The lowest BCUT2D eigenvalue weighted by Gasteiger charge is -2.46. The number of aromatic nitrogens is 1. The molecule has 0 N–H and O–H groups in total. The Hall–Kier alpha value is -9.95. The molecule has 0 saturated carbocycles. The minimum atomic E-state index is -0.134. The van der Waals surface area contributed by atoms with Crippen LogP contribution in [0.2, 0.25) is 0 Å². The number of pyridine rings is 1. The van der Waals surface area contributed by atoms with Gasteiger partial charge in [-0.1, -0.05) is 169 Å². The van der Waals surface area contributed by atoms with Gasteiger partial charge in [0.15, 0.2) is 0 Å². The Bertz CT molecular complexity index is 4270. The number of rotatable bonds is 9. The van der Waals surface area contributed by atoms with E-state index in [0.29, 0.717) is 0 Å². The fourth-order valence-electron chi connectivity index (χ4n) is 12.9. The van der Waals surface area contributed by atoms with Crippen LogP contribution < -0.4 is 57.1 Å². The van der Waals surface area contributed by atoms with E-state index in [1.165, 1.54) is 42.6 Å². The minimum Gasteiger partial charge on any atom is -0.458 e. The summed E-state index contributed by atoms with van der Waals surface area (Å²) >= 11 is 1.85. The molecule has 0 spiro atoms. The molecule has 0 radical (unpaired) electrons. The number of anilines is 12. The molecule has 0 aliphatic carbocycles. The second-order valence-corrected chi connectivity index (χ2v) is 21.7. The first-order valence-corrected chi connectivity index (χ1v) is 28.1. The van der Waals surface area contributed by atoms with Gasteiger partial charge >= 0.3 is 0 Å². The average Bonchev–Trinajstić information content (AvgIpc) is 3.61. The zero-order valence-electron chi connectivity index (χ0n) is 43.3. The van der Waals surface area contributed by atoms with Crippen LogP contribution in [0.4, 0.5) is 68.2 Å². The zero-order chi connectivity index (χ0) is 52.7. The molecular formula is C71H47B2N5OS. The van der Waals surface area contributed by atoms with Crippen molar-refractivity contribution >= 4 is 126 Å². The lowest BCUT2D eigenvalue weighted by Crippen LogP contribution is -2.64. The largest absolute Gasteiger partial charge is 0.458 e. The molecule has 4 aliphatic rings. The Morgan fingerprint density at radius 1 is 0.338 bits per heavy atom. The van der Waals surface area contributed by atoms with Gasteiger partial charge in [-0.05, 0) is 148 Å². The molecule has 9 heteroatoms. The molecule has 0 atom stereocenters. The van der Waals surface area contributed by atoms with E-state index in [2.05, 4.69) is 298 Å². The van der Waals surface area contributed by atoms with E-state index in [0.717, 1.165) is 90.9 Å². The number of nitrogens with zero attached hydrogens (tertiary/aromatic N) is 5. The van der Waals surface area contributed by atoms with Crippen LogP contribution in [0, 0.1) is 0 Å². The van der Waals surface area contributed by atoms with Crippen molar-refractivity contribution in [1.82, 2.24) is 4.98 Å². The van der Waals surface area contributed by atoms with Gasteiger partial charge in [0.25, 0.3) is 13.4 Å². The normalized spacial score (nSPS) is 12.9. The lowest BCUT2D eigenvalue weighted by molar-refractivity contribution is 0.486. The number of fused-ring (bicyclic) bond motifs is 8. The van der Waals surface area contributed by atoms with E-state index in [-0.39, 0.29) is 13.4 Å². The third kappa shape index (κ3) is 7.42. The average molecular weight is 1040 g/mol. The van der Waals surface area contributed by atoms with Gasteiger partial charge in [0.05, 0.1) is 17.1 Å². The summed E-state index contributed by atoms with van der Waals surface area (Å²) < 4.78 is 7.09. The maximum Gasteiger partial charge on any atom is 0.253 e. The summed E-state index contributed by atoms with van der Waals surface area (Å²) in [5.74, 6) is 1.76. The number of benzene rings is 11. The highest BCUT2D eigenvalue weighted by atomic mass is 32.2. The summed E-state index contributed by atoms with van der Waals surface area (Å²) in [6.07, 6.45) is 3.80. The summed E-state index contributed by atoms with van der Waals surface area (Å²) in [5.41, 5.74) is 22.7. The van der Waals surface area contributed by atoms with Crippen LogP contribution in [0.5, 0.6) is 11.5 Å². The van der Waals surface area contributed by atoms with Crippen LogP contribution in [0.15, 0.2) is 295 Å². The fraction of sp³-hybridized carbons (Fsp3) is 0. The molecule has 16 rings (SSSR count). The van der Waals surface area contributed by atoms with Crippen LogP contribution >= 0.6 is 11.8 Å². The number of ether oxygens (including phenoxy) is 1. The van der Waals surface area contributed by atoms with Crippen LogP contribution in [0.1, 0.15) is 0 Å². The Labute approximate surface area is 470 Å². The number of hydrogen-bond donors (Lipinski definition) is 0. The van der Waals surface area contributed by atoms with Gasteiger partial charge in [-0.15, -0.1) is 0 Å². The predicted molar refractivity (Wildman–Crippen MR) is 335 cm³/mol. The summed E-state index contributed by atoms with van der Waals surface area (Å²) in [6, 6.07) is 99.3. The molecule has 374 valence electrons. The maximum absolute atomic E-state index is 7.09. The van der Waals surface area contributed by atoms with E-state index in [1.54, 1.807) is 0 Å². The Morgan fingerprint density at radius 2 is 0.850 bits per heavy atom. The van der Waals surface area contributed by atoms with E-state index >= 15 is 0 Å². The van der Waals surface area contributed by atoms with Crippen molar-refractivity contribution in [2.24, 2.45) is 0 Å². The third-order valence-electron chi connectivity index (χ3n) is 16.2. The van der Waals surface area contributed by atoms with Gasteiger partial charge in [-0.25, -0.2) is 0 Å². The molecule has 1 aromatic heterocycles. The molecule has 4 aliphatic heterocycles. The summed E-state index contributed by atoms with van der Waals surface area (Å²) in [5, 5.41) is 0. The van der Waals surface area contributed by atoms with Gasteiger partial charge in [-0.3, -0.25) is 4.98 Å². The second kappa shape index (κ2) is 18.9. The highest BCUT2D eigenvalue weighted by Gasteiger charge is 2.47. The van der Waals surface area contributed by atoms with E-state index in [9.17, 15) is 0 Å². The quantitative estimate of drug-likeness (QED) is 0.133. The molecule has 5 heterocycles. The number of para-hydroxylation sites is 8. The smallest absolute Gasteiger partial charge is 0.253 e. The molecular weight excluding hydrogens is 993 g/mol. The summed E-state index contributed by atoms with van der Waals surface area (Å²) in [4.78, 5) is 16.7. The van der Waals surface area contributed by atoms with Crippen LogP contribution in [-0.4, -0.2) is 18.4 Å². The van der Waals surface area contributed by atoms with Crippen molar-refractivity contribution < 1.29 is 4.74 Å². The van der Waals surface area contributed by atoms with Crippen LogP contribution in [0.3, 0.4) is 0 Å². The standard InChI is InChI=1S/C71H47B2N5OS/c1-6-22-49(23-7-1)75(50-24-8-2-9-25-50)54-42-64-70-65(43-54)78(61-35-19-16-32-56(61)48-38-40-74-41-39-48)63-47-68-60(46-59(63)72(70)57-33-17-20-36-62(57)77(64)53-30-14-5-15-31-53)73-58-34-18-21-37-66(58)79-67-44-55(45-69(80-68)71(67)73)76(51-26-10-3-11-27-51)52-28-12-4-13-29-52/h1-47H. The van der Waals surface area contributed by atoms with Crippen molar-refractivity contribution in [1.29, 1.82) is 0 Å². The van der Waals surface area contributed by atoms with Crippen molar-refractivity contribution in [2.75, 3.05) is 19.6 Å². The predicted octanol–water partition coefficient (Wildman–Crippen LogP) is 14.9. The van der Waals surface area contributed by atoms with Gasteiger partial charge in [0.1, 0.15) is 11.5 Å². The monoisotopic (exact) mass is 1040 g/mol. The molecule has 12 aromatic rings. The molecule has 0 bridgehead atoms. The van der Waals surface area contributed by atoms with Gasteiger partial charge in [0, 0.05) is 85.0 Å².